The Morgan fingerprint density at radius 1 is 0.956 bits per heavy atom. The third kappa shape index (κ3) is 4.77. The van der Waals surface area contributed by atoms with Crippen LogP contribution in [-0.2, 0) is 0 Å². The molecule has 7 N–H and O–H groups in total. The molecule has 0 bridgehead atoms. The number of benzene rings is 2. The number of nitrogens with two attached hydrogens (primary N) is 2. The quantitative estimate of drug-likeness (QED) is 0.193. The molecular weight excluding hydrogens is 576 g/mol. The highest BCUT2D eigenvalue weighted by molar-refractivity contribution is 6.08. The van der Waals surface area contributed by atoms with Crippen molar-refractivity contribution in [3.8, 4) is 23.0 Å². The summed E-state index contributed by atoms with van der Waals surface area (Å²) in [6.07, 6.45) is 4.56. The van der Waals surface area contributed by atoms with Crippen LogP contribution in [0.3, 0.4) is 0 Å². The van der Waals surface area contributed by atoms with Crippen molar-refractivity contribution in [1.82, 2.24) is 19.7 Å². The minimum atomic E-state index is -0.650. The molecule has 0 saturated heterocycles. The van der Waals surface area contributed by atoms with Crippen molar-refractivity contribution in [3.63, 3.8) is 0 Å². The van der Waals surface area contributed by atoms with Crippen LogP contribution in [0.15, 0.2) is 75.9 Å². The molecule has 0 atom stereocenters. The molecule has 2 aromatic carbocycles. The number of aromatic nitrogens is 4. The largest absolute Gasteiger partial charge is 0.494 e. The molecule has 0 unspecified atom stereocenters. The maximum atomic E-state index is 13.4. The molecular formula is C32H26N8O5. The van der Waals surface area contributed by atoms with Crippen LogP contribution in [0.5, 0.6) is 5.88 Å². The maximum absolute atomic E-state index is 13.4. The van der Waals surface area contributed by atoms with Crippen LogP contribution < -0.4 is 38.3 Å². The van der Waals surface area contributed by atoms with E-state index < -0.39 is 22.9 Å². The summed E-state index contributed by atoms with van der Waals surface area (Å²) < 4.78 is 1.11. The van der Waals surface area contributed by atoms with Crippen LogP contribution in [0.4, 0.5) is 5.69 Å². The predicted molar refractivity (Wildman–Crippen MR) is 168 cm³/mol. The van der Waals surface area contributed by atoms with Gasteiger partial charge in [0.15, 0.2) is 17.2 Å². The van der Waals surface area contributed by atoms with Crippen molar-refractivity contribution in [1.29, 1.82) is 0 Å². The summed E-state index contributed by atoms with van der Waals surface area (Å²) in [6.45, 7) is 7.03. The number of rotatable bonds is 6. The van der Waals surface area contributed by atoms with Gasteiger partial charge in [0.25, 0.3) is 17.0 Å². The van der Waals surface area contributed by atoms with E-state index >= 15 is 0 Å². The van der Waals surface area contributed by atoms with E-state index in [-0.39, 0.29) is 44.7 Å². The summed E-state index contributed by atoms with van der Waals surface area (Å²) in [5.74, 6) is -1.19. The van der Waals surface area contributed by atoms with Crippen LogP contribution in [0.25, 0.3) is 34.9 Å². The first-order chi connectivity index (χ1) is 21.5. The van der Waals surface area contributed by atoms with E-state index in [1.807, 2.05) is 0 Å². The van der Waals surface area contributed by atoms with Gasteiger partial charge in [0, 0.05) is 22.0 Å². The van der Waals surface area contributed by atoms with Gasteiger partial charge < -0.3 is 26.5 Å². The number of pyridine rings is 2. The normalized spacial score (nSPS) is 13.1. The summed E-state index contributed by atoms with van der Waals surface area (Å²) in [6, 6.07) is 13.0. The van der Waals surface area contributed by atoms with E-state index in [4.69, 9.17) is 11.5 Å². The van der Waals surface area contributed by atoms with Crippen LogP contribution in [0, 0.1) is 13.8 Å². The highest BCUT2D eigenvalue weighted by atomic mass is 16.3. The average Bonchev–Trinajstić information content (AvgIpc) is 3.52. The van der Waals surface area contributed by atoms with E-state index in [9.17, 15) is 24.3 Å². The smallest absolute Gasteiger partial charge is 0.282 e. The number of carbonyl (C=O) groups is 2. The van der Waals surface area contributed by atoms with Gasteiger partial charge in [0.05, 0.1) is 22.5 Å². The van der Waals surface area contributed by atoms with Crippen LogP contribution in [0.1, 0.15) is 43.0 Å². The Hall–Kier alpha value is -6.50. The monoisotopic (exact) mass is 602 g/mol. The van der Waals surface area contributed by atoms with Crippen molar-refractivity contribution < 1.29 is 14.7 Å². The number of hydrogen-bond donors (Lipinski definition) is 5. The van der Waals surface area contributed by atoms with Gasteiger partial charge in [0.2, 0.25) is 5.91 Å². The number of aromatic hydroxyl groups is 1. The minimum Gasteiger partial charge on any atom is -0.494 e. The lowest BCUT2D eigenvalue weighted by molar-refractivity contribution is 0.0988. The molecule has 13 heteroatoms. The number of aromatic amines is 2. The lowest BCUT2D eigenvalue weighted by Gasteiger charge is -2.13. The second-order valence-corrected chi connectivity index (χ2v) is 10.4. The standard InChI is InChI=1S/C32H26N8O5/c1-15-22(29(42)35-27-24(15)31(44)39(37-27)20-9-4-7-18(13-20)17(3)33)11-6-12-23-16(2)25-28(36-30(23)43)38-40(32(25)45)21-10-5-8-19(14-21)26(34)41/h4-14H,3,33H2,1-2H3,(H2,34,41)(H,35,37,42)(H2,36,38,43)/b12-6+,22-11-. The maximum Gasteiger partial charge on any atom is 0.282 e. The molecule has 224 valence electrons. The van der Waals surface area contributed by atoms with E-state index in [1.54, 1.807) is 50.2 Å². The molecule has 6 rings (SSSR count). The molecule has 13 nitrogen and oxygen atoms in total. The molecule has 0 fully saturated rings. The van der Waals surface area contributed by atoms with Gasteiger partial charge in [-0.15, -0.1) is 10.2 Å². The molecule has 0 radical (unpaired) electrons. The first kappa shape index (κ1) is 28.6. The fourth-order valence-electron chi connectivity index (χ4n) is 5.25. The molecule has 2 amide bonds. The minimum absolute atomic E-state index is 0.135. The number of nitrogens with one attached hydrogen (secondary N) is 2. The van der Waals surface area contributed by atoms with Gasteiger partial charge in [-0.25, -0.2) is 0 Å². The van der Waals surface area contributed by atoms with Gasteiger partial charge >= 0.3 is 0 Å². The Kier molecular flexibility index (Phi) is 6.77. The van der Waals surface area contributed by atoms with E-state index in [0.717, 1.165) is 4.68 Å². The molecule has 0 spiro atoms. The van der Waals surface area contributed by atoms with Crippen LogP contribution in [0.2, 0.25) is 0 Å². The van der Waals surface area contributed by atoms with Crippen LogP contribution in [-0.4, -0.2) is 36.7 Å². The number of amides is 2. The first-order valence-corrected chi connectivity index (χ1v) is 13.6. The molecule has 45 heavy (non-hydrogen) atoms. The van der Waals surface area contributed by atoms with Crippen molar-refractivity contribution in [2.75, 3.05) is 5.01 Å². The van der Waals surface area contributed by atoms with Gasteiger partial charge in [-0.2, -0.15) is 9.69 Å². The third-order valence-corrected chi connectivity index (χ3v) is 7.58. The Bertz CT molecular complexity index is 2340. The molecule has 1 aromatic heterocycles. The second-order valence-electron chi connectivity index (χ2n) is 10.4. The predicted octanol–water partition coefficient (Wildman–Crippen LogP) is 1.39. The van der Waals surface area contributed by atoms with E-state index in [1.165, 1.54) is 35.4 Å². The van der Waals surface area contributed by atoms with Crippen molar-refractivity contribution in [3.05, 3.63) is 126 Å². The van der Waals surface area contributed by atoms with E-state index in [0.29, 0.717) is 33.8 Å². The molecule has 3 aromatic rings. The van der Waals surface area contributed by atoms with Gasteiger partial charge in [-0.05, 0) is 73.0 Å². The summed E-state index contributed by atoms with van der Waals surface area (Å²) in [5.41, 5.74) is 13.9. The Morgan fingerprint density at radius 2 is 1.64 bits per heavy atom. The summed E-state index contributed by atoms with van der Waals surface area (Å²) in [4.78, 5) is 56.8. The number of primary amides is 1. The molecule has 0 aliphatic carbocycles. The SMILES string of the molecule is C=C(N)c1cccc(N2N=c3[nH]c(=O)/c(=C\C=C\c4c(O)[nH]c5nn(-c6cccc(C(N)=O)c6)c(=O)c-5c4C)c(C)c3C2=O)c1. The number of carbonyl (C=O) groups excluding carboxylic acids is 2. The first-order valence-electron chi connectivity index (χ1n) is 13.6. The average molecular weight is 603 g/mol. The Morgan fingerprint density at radius 3 is 2.36 bits per heavy atom. The highest BCUT2D eigenvalue weighted by Gasteiger charge is 2.29. The molecule has 3 aliphatic heterocycles. The van der Waals surface area contributed by atoms with Crippen molar-refractivity contribution >= 4 is 35.4 Å². The Labute approximate surface area is 254 Å². The molecule has 3 aliphatic rings. The zero-order valence-electron chi connectivity index (χ0n) is 24.1. The topological polar surface area (TPSA) is 206 Å². The summed E-state index contributed by atoms with van der Waals surface area (Å²) in [5, 5.41) is 20.8. The number of anilines is 1. The fraction of sp³-hybridized carbons (Fsp3) is 0.0625. The van der Waals surface area contributed by atoms with E-state index in [2.05, 4.69) is 26.7 Å². The number of nitrogens with zero attached hydrogens (tertiary/aromatic N) is 4. The number of hydrogen-bond acceptors (Lipinski definition) is 8. The van der Waals surface area contributed by atoms with Gasteiger partial charge in [0.1, 0.15) is 0 Å². The Balaban J connectivity index is 1.38. The lowest BCUT2D eigenvalue weighted by atomic mass is 10.0. The molecule has 0 saturated carbocycles. The van der Waals surface area contributed by atoms with Crippen molar-refractivity contribution in [2.45, 2.75) is 13.8 Å². The second kappa shape index (κ2) is 10.6. The number of fused-ring (bicyclic) bond motifs is 2. The van der Waals surface area contributed by atoms with Crippen molar-refractivity contribution in [2.24, 2.45) is 16.6 Å². The molecule has 4 heterocycles. The van der Waals surface area contributed by atoms with Crippen LogP contribution >= 0.6 is 0 Å². The van der Waals surface area contributed by atoms with Gasteiger partial charge in [-0.3, -0.25) is 19.2 Å². The fourth-order valence-corrected chi connectivity index (χ4v) is 5.25. The zero-order valence-corrected chi connectivity index (χ0v) is 24.1. The number of H-pyrrole nitrogens is 2. The zero-order chi connectivity index (χ0) is 32.2. The highest BCUT2D eigenvalue weighted by Crippen LogP contribution is 2.30. The lowest BCUT2D eigenvalue weighted by Crippen LogP contribution is -2.38. The summed E-state index contributed by atoms with van der Waals surface area (Å²) in [7, 11) is 0. The third-order valence-electron chi connectivity index (χ3n) is 7.58. The summed E-state index contributed by atoms with van der Waals surface area (Å²) >= 11 is 0. The van der Waals surface area contributed by atoms with Gasteiger partial charge in [-0.1, -0.05) is 30.9 Å². The number of allylic oxidation sites excluding steroid dienone is 1.